The minimum atomic E-state index is -3.64. The Balaban J connectivity index is 2.27. The molecule has 6 nitrogen and oxygen atoms in total. The van der Waals surface area contributed by atoms with E-state index in [-0.39, 0.29) is 5.37 Å². The summed E-state index contributed by atoms with van der Waals surface area (Å²) in [6, 6.07) is -0.924. The number of hydrogen-bond donors (Lipinski definition) is 1. The van der Waals surface area contributed by atoms with Crippen molar-refractivity contribution in [1.29, 1.82) is 0 Å². The summed E-state index contributed by atoms with van der Waals surface area (Å²) < 4.78 is 27.9. The van der Waals surface area contributed by atoms with E-state index in [2.05, 4.69) is 0 Å². The SMILES string of the molecule is CCCC1SCC(C(=O)O)N1S(=O)(=O)N1CCCC1. The van der Waals surface area contributed by atoms with Crippen LogP contribution in [0, 0.1) is 0 Å². The second-order valence-corrected chi connectivity index (χ2v) is 7.92. The Morgan fingerprint density at radius 2 is 2.00 bits per heavy atom. The van der Waals surface area contributed by atoms with Crippen molar-refractivity contribution in [1.82, 2.24) is 8.61 Å². The zero-order valence-corrected chi connectivity index (χ0v) is 12.6. The van der Waals surface area contributed by atoms with E-state index in [1.54, 1.807) is 0 Å². The molecule has 110 valence electrons. The quantitative estimate of drug-likeness (QED) is 0.818. The van der Waals surface area contributed by atoms with E-state index in [0.717, 1.165) is 19.3 Å². The third-order valence-electron chi connectivity index (χ3n) is 3.52. The van der Waals surface area contributed by atoms with Crippen LogP contribution >= 0.6 is 11.8 Å². The summed E-state index contributed by atoms with van der Waals surface area (Å²) in [4.78, 5) is 11.3. The molecule has 0 aromatic rings. The van der Waals surface area contributed by atoms with Gasteiger partial charge in [0.15, 0.2) is 0 Å². The van der Waals surface area contributed by atoms with Gasteiger partial charge in [0, 0.05) is 18.8 Å². The number of hydrogen-bond acceptors (Lipinski definition) is 4. The summed E-state index contributed by atoms with van der Waals surface area (Å²) in [6.07, 6.45) is 3.25. The van der Waals surface area contributed by atoms with Crippen molar-refractivity contribution in [3.8, 4) is 0 Å². The minimum Gasteiger partial charge on any atom is -0.480 e. The van der Waals surface area contributed by atoms with Gasteiger partial charge in [-0.2, -0.15) is 17.0 Å². The molecular weight excluding hydrogens is 288 g/mol. The average Bonchev–Trinajstić information content (AvgIpc) is 2.98. The molecule has 0 aromatic heterocycles. The lowest BCUT2D eigenvalue weighted by atomic mass is 10.3. The van der Waals surface area contributed by atoms with E-state index >= 15 is 0 Å². The molecule has 2 aliphatic heterocycles. The van der Waals surface area contributed by atoms with Crippen LogP contribution in [0.1, 0.15) is 32.6 Å². The summed E-state index contributed by atoms with van der Waals surface area (Å²) in [7, 11) is -3.64. The van der Waals surface area contributed by atoms with Crippen LogP contribution in [-0.4, -0.2) is 58.4 Å². The molecule has 2 aliphatic rings. The third kappa shape index (κ3) is 2.91. The van der Waals surface area contributed by atoms with Gasteiger partial charge in [-0.3, -0.25) is 4.79 Å². The van der Waals surface area contributed by atoms with E-state index in [0.29, 0.717) is 25.3 Å². The number of carbonyl (C=O) groups is 1. The Morgan fingerprint density at radius 1 is 1.37 bits per heavy atom. The van der Waals surface area contributed by atoms with Gasteiger partial charge in [-0.25, -0.2) is 0 Å². The Kier molecular flexibility index (Phi) is 4.75. The van der Waals surface area contributed by atoms with Gasteiger partial charge in [0.25, 0.3) is 10.2 Å². The molecule has 2 atom stereocenters. The van der Waals surface area contributed by atoms with Crippen molar-refractivity contribution in [2.24, 2.45) is 0 Å². The maximum absolute atomic E-state index is 12.6. The predicted octanol–water partition coefficient (Wildman–Crippen LogP) is 0.955. The molecule has 1 N–H and O–H groups in total. The highest BCUT2D eigenvalue weighted by Crippen LogP contribution is 2.36. The molecule has 0 saturated carbocycles. The fourth-order valence-corrected chi connectivity index (χ4v) is 6.43. The van der Waals surface area contributed by atoms with Crippen molar-refractivity contribution in [3.63, 3.8) is 0 Å². The highest BCUT2D eigenvalue weighted by molar-refractivity contribution is 8.01. The molecule has 2 heterocycles. The molecule has 8 heteroatoms. The van der Waals surface area contributed by atoms with E-state index < -0.39 is 22.2 Å². The van der Waals surface area contributed by atoms with E-state index in [1.165, 1.54) is 20.4 Å². The molecule has 0 bridgehead atoms. The van der Waals surface area contributed by atoms with Gasteiger partial charge in [-0.1, -0.05) is 13.3 Å². The van der Waals surface area contributed by atoms with E-state index in [9.17, 15) is 18.3 Å². The fraction of sp³-hybridized carbons (Fsp3) is 0.909. The molecule has 0 aliphatic carbocycles. The van der Waals surface area contributed by atoms with Crippen LogP contribution in [-0.2, 0) is 15.0 Å². The Bertz CT molecular complexity index is 434. The average molecular weight is 308 g/mol. The normalized spacial score (nSPS) is 29.9. The molecule has 0 amide bonds. The van der Waals surface area contributed by atoms with Crippen LogP contribution in [0.25, 0.3) is 0 Å². The van der Waals surface area contributed by atoms with Crippen LogP contribution in [0.5, 0.6) is 0 Å². The number of carboxylic acids is 1. The summed E-state index contributed by atoms with van der Waals surface area (Å²) in [5, 5.41) is 9.00. The van der Waals surface area contributed by atoms with Crippen molar-refractivity contribution >= 4 is 27.9 Å². The Hall–Kier alpha value is -0.310. The van der Waals surface area contributed by atoms with Crippen molar-refractivity contribution in [2.45, 2.75) is 44.0 Å². The lowest BCUT2D eigenvalue weighted by molar-refractivity contribution is -0.140. The predicted molar refractivity (Wildman–Crippen MR) is 74.1 cm³/mol. The first-order valence-electron chi connectivity index (χ1n) is 6.61. The van der Waals surface area contributed by atoms with Crippen molar-refractivity contribution in [3.05, 3.63) is 0 Å². The molecule has 2 rings (SSSR count). The number of aliphatic carboxylic acids is 1. The summed E-state index contributed by atoms with van der Waals surface area (Å²) in [6.45, 7) is 3.00. The van der Waals surface area contributed by atoms with Crippen LogP contribution in [0.4, 0.5) is 0 Å². The monoisotopic (exact) mass is 308 g/mol. The van der Waals surface area contributed by atoms with Crippen LogP contribution in [0.3, 0.4) is 0 Å². The lowest BCUT2D eigenvalue weighted by Gasteiger charge is -2.30. The van der Waals surface area contributed by atoms with Gasteiger partial charge in [-0.05, 0) is 19.3 Å². The van der Waals surface area contributed by atoms with Crippen LogP contribution in [0.15, 0.2) is 0 Å². The van der Waals surface area contributed by atoms with Gasteiger partial charge in [0.1, 0.15) is 6.04 Å². The first-order chi connectivity index (χ1) is 8.98. The zero-order chi connectivity index (χ0) is 14.0. The Labute approximate surface area is 118 Å². The summed E-state index contributed by atoms with van der Waals surface area (Å²) in [5.74, 6) is -0.707. The molecule has 0 aromatic carbocycles. The molecule has 0 radical (unpaired) electrons. The van der Waals surface area contributed by atoms with Crippen LogP contribution < -0.4 is 0 Å². The number of rotatable bonds is 5. The third-order valence-corrected chi connectivity index (χ3v) is 7.06. The van der Waals surface area contributed by atoms with Crippen molar-refractivity contribution < 1.29 is 18.3 Å². The highest BCUT2D eigenvalue weighted by Gasteiger charge is 2.47. The second kappa shape index (κ2) is 5.99. The van der Waals surface area contributed by atoms with Gasteiger partial charge in [-0.15, -0.1) is 11.8 Å². The Morgan fingerprint density at radius 3 is 2.53 bits per heavy atom. The fourth-order valence-electron chi connectivity index (χ4n) is 2.55. The first-order valence-corrected chi connectivity index (χ1v) is 9.06. The van der Waals surface area contributed by atoms with Gasteiger partial charge in [0.2, 0.25) is 0 Å². The van der Waals surface area contributed by atoms with E-state index in [1.807, 2.05) is 6.92 Å². The minimum absolute atomic E-state index is 0.239. The maximum atomic E-state index is 12.6. The molecule has 2 unspecified atom stereocenters. The highest BCUT2D eigenvalue weighted by atomic mass is 32.2. The number of thioether (sulfide) groups is 1. The van der Waals surface area contributed by atoms with Gasteiger partial charge < -0.3 is 5.11 Å². The number of carboxylic acid groups (broad SMARTS) is 1. The van der Waals surface area contributed by atoms with Gasteiger partial charge in [0.05, 0.1) is 5.37 Å². The van der Waals surface area contributed by atoms with Gasteiger partial charge >= 0.3 is 5.97 Å². The number of nitrogens with zero attached hydrogens (tertiary/aromatic N) is 2. The second-order valence-electron chi connectivity index (χ2n) is 4.87. The molecule has 2 fully saturated rings. The zero-order valence-electron chi connectivity index (χ0n) is 11.0. The molecular formula is C11H20N2O4S2. The smallest absolute Gasteiger partial charge is 0.322 e. The summed E-state index contributed by atoms with van der Waals surface area (Å²) in [5.41, 5.74) is 0. The maximum Gasteiger partial charge on any atom is 0.322 e. The van der Waals surface area contributed by atoms with E-state index in [4.69, 9.17) is 0 Å². The molecule has 0 spiro atoms. The largest absolute Gasteiger partial charge is 0.480 e. The standard InChI is InChI=1S/C11H20N2O4S2/c1-2-5-10-13(9(8-18-10)11(14)15)19(16,17)12-6-3-4-7-12/h9-10H,2-8H2,1H3,(H,14,15). The molecule has 2 saturated heterocycles. The topological polar surface area (TPSA) is 77.9 Å². The van der Waals surface area contributed by atoms with Crippen molar-refractivity contribution in [2.75, 3.05) is 18.8 Å². The lowest BCUT2D eigenvalue weighted by Crippen LogP contribution is -2.51. The summed E-state index contributed by atoms with van der Waals surface area (Å²) >= 11 is 1.44. The van der Waals surface area contributed by atoms with Crippen LogP contribution in [0.2, 0.25) is 0 Å². The molecule has 19 heavy (non-hydrogen) atoms. The first kappa shape index (κ1) is 15.1.